The Morgan fingerprint density at radius 1 is 1.70 bits per heavy atom. The van der Waals surface area contributed by atoms with Gasteiger partial charge in [-0.3, -0.25) is 10.1 Å². The normalized spacial score (nSPS) is 16.6. The Labute approximate surface area is 58.5 Å². The SMILES string of the molecule is [c]1n[nH]cc1N1CCC=N1. The summed E-state index contributed by atoms with van der Waals surface area (Å²) in [5, 5.41) is 12.3. The van der Waals surface area contributed by atoms with Gasteiger partial charge in [-0.2, -0.15) is 10.2 Å². The van der Waals surface area contributed by atoms with E-state index < -0.39 is 0 Å². The number of hydrazone groups is 1. The molecule has 0 fully saturated rings. The number of H-pyrrole nitrogens is 1. The summed E-state index contributed by atoms with van der Waals surface area (Å²) in [7, 11) is 0. The summed E-state index contributed by atoms with van der Waals surface area (Å²) in [5.74, 6) is 0. The number of hydrogen-bond donors (Lipinski definition) is 1. The van der Waals surface area contributed by atoms with E-state index in [1.807, 2.05) is 11.2 Å². The van der Waals surface area contributed by atoms with Gasteiger partial charge >= 0.3 is 0 Å². The van der Waals surface area contributed by atoms with Crippen molar-refractivity contribution >= 4 is 11.9 Å². The number of hydrogen-bond acceptors (Lipinski definition) is 3. The second-order valence-electron chi connectivity index (χ2n) is 2.09. The second kappa shape index (κ2) is 2.13. The maximum atomic E-state index is 4.10. The molecule has 51 valence electrons. The molecule has 2 heterocycles. The van der Waals surface area contributed by atoms with Crippen LogP contribution in [0.2, 0.25) is 0 Å². The monoisotopic (exact) mass is 135 g/mol. The Balaban J connectivity index is 2.20. The molecule has 1 N–H and O–H groups in total. The van der Waals surface area contributed by atoms with Crippen molar-refractivity contribution < 1.29 is 0 Å². The third-order valence-corrected chi connectivity index (χ3v) is 1.41. The van der Waals surface area contributed by atoms with Gasteiger partial charge < -0.3 is 0 Å². The first kappa shape index (κ1) is 5.46. The van der Waals surface area contributed by atoms with Crippen LogP contribution in [0.5, 0.6) is 0 Å². The van der Waals surface area contributed by atoms with Crippen LogP contribution in [0, 0.1) is 6.20 Å². The molecular weight excluding hydrogens is 128 g/mol. The van der Waals surface area contributed by atoms with Crippen LogP contribution in [-0.4, -0.2) is 23.0 Å². The van der Waals surface area contributed by atoms with E-state index in [-0.39, 0.29) is 0 Å². The molecule has 4 nitrogen and oxygen atoms in total. The third kappa shape index (κ3) is 0.775. The highest BCUT2D eigenvalue weighted by Crippen LogP contribution is 2.12. The molecule has 1 aliphatic heterocycles. The van der Waals surface area contributed by atoms with Crippen molar-refractivity contribution in [1.82, 2.24) is 10.2 Å². The van der Waals surface area contributed by atoms with E-state index in [4.69, 9.17) is 0 Å². The largest absolute Gasteiger partial charge is 0.283 e. The van der Waals surface area contributed by atoms with Crippen molar-refractivity contribution in [2.24, 2.45) is 5.10 Å². The lowest BCUT2D eigenvalue weighted by Gasteiger charge is -2.08. The predicted molar refractivity (Wildman–Crippen MR) is 37.9 cm³/mol. The van der Waals surface area contributed by atoms with Crippen molar-refractivity contribution in [2.75, 3.05) is 11.6 Å². The highest BCUT2D eigenvalue weighted by Gasteiger charge is 2.08. The van der Waals surface area contributed by atoms with Gasteiger partial charge in [0.25, 0.3) is 0 Å². The van der Waals surface area contributed by atoms with Gasteiger partial charge in [0.1, 0.15) is 11.9 Å². The molecule has 2 rings (SSSR count). The van der Waals surface area contributed by atoms with Crippen LogP contribution in [0.25, 0.3) is 0 Å². The summed E-state index contributed by atoms with van der Waals surface area (Å²) < 4.78 is 0. The molecule has 0 saturated carbocycles. The zero-order valence-electron chi connectivity index (χ0n) is 5.41. The van der Waals surface area contributed by atoms with Gasteiger partial charge in [-0.15, -0.1) is 0 Å². The first-order chi connectivity index (χ1) is 4.97. The van der Waals surface area contributed by atoms with E-state index in [9.17, 15) is 0 Å². The molecule has 10 heavy (non-hydrogen) atoms. The van der Waals surface area contributed by atoms with Gasteiger partial charge in [-0.05, 0) is 0 Å². The fraction of sp³-hybridized carbons (Fsp3) is 0.333. The fourth-order valence-corrected chi connectivity index (χ4v) is 0.924. The van der Waals surface area contributed by atoms with Gasteiger partial charge in [0.05, 0.1) is 0 Å². The van der Waals surface area contributed by atoms with E-state index in [0.29, 0.717) is 0 Å². The van der Waals surface area contributed by atoms with Crippen LogP contribution in [0.4, 0.5) is 5.69 Å². The highest BCUT2D eigenvalue weighted by atomic mass is 15.5. The van der Waals surface area contributed by atoms with Crippen LogP contribution in [0.1, 0.15) is 6.42 Å². The molecule has 0 saturated heterocycles. The van der Waals surface area contributed by atoms with Gasteiger partial charge in [-0.1, -0.05) is 0 Å². The molecule has 0 aromatic carbocycles. The van der Waals surface area contributed by atoms with E-state index in [2.05, 4.69) is 21.5 Å². The summed E-state index contributed by atoms with van der Waals surface area (Å²) in [6, 6.07) is 0. The van der Waals surface area contributed by atoms with Crippen LogP contribution >= 0.6 is 0 Å². The summed E-state index contributed by atoms with van der Waals surface area (Å²) in [4.78, 5) is 0. The summed E-state index contributed by atoms with van der Waals surface area (Å²) in [5.41, 5.74) is 0.911. The number of nitrogens with zero attached hydrogens (tertiary/aromatic N) is 3. The molecule has 1 aromatic rings. The van der Waals surface area contributed by atoms with E-state index in [1.165, 1.54) is 0 Å². The minimum Gasteiger partial charge on any atom is -0.283 e. The second-order valence-corrected chi connectivity index (χ2v) is 2.09. The van der Waals surface area contributed by atoms with Gasteiger partial charge in [0.15, 0.2) is 0 Å². The Morgan fingerprint density at radius 2 is 2.70 bits per heavy atom. The molecule has 4 heteroatoms. The molecule has 0 spiro atoms. The van der Waals surface area contributed by atoms with E-state index in [1.54, 1.807) is 6.20 Å². The van der Waals surface area contributed by atoms with Crippen LogP contribution in [0.3, 0.4) is 0 Å². The lowest BCUT2D eigenvalue weighted by atomic mass is 10.4. The molecule has 0 unspecified atom stereocenters. The molecule has 1 radical (unpaired) electrons. The predicted octanol–water partition coefficient (Wildman–Crippen LogP) is 0.406. The summed E-state index contributed by atoms with van der Waals surface area (Å²) >= 11 is 0. The van der Waals surface area contributed by atoms with Gasteiger partial charge in [0.2, 0.25) is 0 Å². The number of rotatable bonds is 1. The van der Waals surface area contributed by atoms with E-state index in [0.717, 1.165) is 18.7 Å². The number of nitrogens with one attached hydrogen (secondary N) is 1. The molecular formula is C6H7N4. The van der Waals surface area contributed by atoms with Crippen molar-refractivity contribution in [2.45, 2.75) is 6.42 Å². The maximum absolute atomic E-state index is 4.10. The third-order valence-electron chi connectivity index (χ3n) is 1.41. The smallest absolute Gasteiger partial charge is 0.140 e. The molecule has 0 amide bonds. The molecule has 1 aromatic heterocycles. The lowest BCUT2D eigenvalue weighted by Crippen LogP contribution is -2.10. The Bertz CT molecular complexity index is 226. The Kier molecular flexibility index (Phi) is 1.16. The molecule has 0 atom stereocenters. The highest BCUT2D eigenvalue weighted by molar-refractivity contribution is 5.64. The first-order valence-electron chi connectivity index (χ1n) is 3.18. The van der Waals surface area contributed by atoms with Gasteiger partial charge in [0, 0.05) is 25.4 Å². The zero-order chi connectivity index (χ0) is 6.81. The minimum atomic E-state index is 0.911. The maximum Gasteiger partial charge on any atom is 0.140 e. The quantitative estimate of drug-likeness (QED) is 0.606. The van der Waals surface area contributed by atoms with Crippen LogP contribution in [0.15, 0.2) is 11.3 Å². The topological polar surface area (TPSA) is 44.3 Å². The Hall–Kier alpha value is -1.32. The lowest BCUT2D eigenvalue weighted by molar-refractivity contribution is 0.922. The minimum absolute atomic E-state index is 0.911. The molecule has 0 aliphatic carbocycles. The number of anilines is 1. The zero-order valence-corrected chi connectivity index (χ0v) is 5.41. The first-order valence-corrected chi connectivity index (χ1v) is 3.18. The standard InChI is InChI=1S/C6H7N4/c1-2-9-10(3-1)6-4-7-8-5-6/h2,4H,1,3H2,(H,7,8). The van der Waals surface area contributed by atoms with Crippen LogP contribution < -0.4 is 5.01 Å². The van der Waals surface area contributed by atoms with Crippen molar-refractivity contribution in [3.63, 3.8) is 0 Å². The summed E-state index contributed by atoms with van der Waals surface area (Å²) in [6.07, 6.45) is 7.47. The van der Waals surface area contributed by atoms with Crippen molar-refractivity contribution in [3.8, 4) is 0 Å². The number of aromatic nitrogens is 2. The van der Waals surface area contributed by atoms with Crippen molar-refractivity contribution in [3.05, 3.63) is 12.4 Å². The molecule has 1 aliphatic rings. The fourth-order valence-electron chi connectivity index (χ4n) is 0.924. The summed E-state index contributed by atoms with van der Waals surface area (Å²) in [6.45, 7) is 0.941. The Morgan fingerprint density at radius 3 is 3.30 bits per heavy atom. The average Bonchev–Trinajstić information content (AvgIpc) is 2.59. The number of aromatic amines is 1. The average molecular weight is 135 g/mol. The van der Waals surface area contributed by atoms with E-state index >= 15 is 0 Å². The van der Waals surface area contributed by atoms with Gasteiger partial charge in [-0.25, -0.2) is 0 Å². The van der Waals surface area contributed by atoms with Crippen molar-refractivity contribution in [1.29, 1.82) is 0 Å². The molecule has 0 bridgehead atoms. The van der Waals surface area contributed by atoms with Crippen LogP contribution in [-0.2, 0) is 0 Å².